The van der Waals surface area contributed by atoms with Crippen molar-refractivity contribution in [2.24, 2.45) is 0 Å². The molecule has 0 aliphatic rings. The molecule has 0 aliphatic heterocycles. The van der Waals surface area contributed by atoms with Gasteiger partial charge in [-0.05, 0) is 0 Å². The van der Waals surface area contributed by atoms with E-state index in [1.807, 2.05) is 5.43 Å². The Morgan fingerprint density at radius 3 is 2.27 bits per heavy atom. The van der Waals surface area contributed by atoms with Crippen LogP contribution in [0.2, 0.25) is 0 Å². The molecule has 0 fully saturated rings. The molecule has 60 valence electrons. The first-order valence-electron chi connectivity index (χ1n) is 2.22. The summed E-state index contributed by atoms with van der Waals surface area (Å²) in [4.78, 5) is 19.6. The largest absolute Gasteiger partial charge is 2.00 e. The molecule has 0 aromatic heterocycles. The van der Waals surface area contributed by atoms with Crippen molar-refractivity contribution in [3.8, 4) is 0 Å². The van der Waals surface area contributed by atoms with Crippen molar-refractivity contribution >= 4 is 20.7 Å². The van der Waals surface area contributed by atoms with Crippen LogP contribution in [0, 0.1) is 7.43 Å². The van der Waals surface area contributed by atoms with Gasteiger partial charge in [0, 0.05) is 14.8 Å². The number of hydrogen-bond acceptors (Lipinski definition) is 2. The average Bonchev–Trinajstić information content (AvgIpc) is 1.83. The minimum Gasteiger partial charge on any atom is -0.518 e. The van der Waals surface area contributed by atoms with E-state index in [2.05, 4.69) is 5.43 Å². The third-order valence-electron chi connectivity index (χ3n) is 0.574. The normalized spacial score (nSPS) is 5.55. The Balaban J connectivity index is -0.0000000817. The summed E-state index contributed by atoms with van der Waals surface area (Å²) in [5, 5.41) is 0. The van der Waals surface area contributed by atoms with Crippen molar-refractivity contribution in [2.75, 3.05) is 0 Å². The van der Waals surface area contributed by atoms with Crippen LogP contribution in [0.15, 0.2) is 0 Å². The van der Waals surface area contributed by atoms with Crippen LogP contribution in [-0.2, 0) is 28.1 Å². The van der Waals surface area contributed by atoms with Gasteiger partial charge in [-0.1, -0.05) is 6.92 Å². The van der Waals surface area contributed by atoms with E-state index in [4.69, 9.17) is 0 Å². The number of carbonyl (C=O) groups is 1. The van der Waals surface area contributed by atoms with E-state index in [1.165, 1.54) is 6.41 Å². The zero-order chi connectivity index (χ0) is 6.41. The Labute approximate surface area is 80.9 Å². The molecule has 6 heteroatoms. The number of hydrogen-bond donors (Lipinski definition) is 2. The molecule has 0 heterocycles. The number of amides is 2. The van der Waals surface area contributed by atoms with E-state index >= 15 is 0 Å². The smallest absolute Gasteiger partial charge is 0.518 e. The fourth-order valence-corrected chi connectivity index (χ4v) is 0.184. The molecule has 4 radical (unpaired) electrons. The summed E-state index contributed by atoms with van der Waals surface area (Å²) < 4.78 is 0. The summed E-state index contributed by atoms with van der Waals surface area (Å²) in [5.74, 6) is -0.228. The molecule has 0 saturated carbocycles. The molecule has 2 amide bonds. The number of rotatable bonds is 3. The molecular formula is C5H10BN2O2V. The predicted molar refractivity (Wildman–Crippen MR) is 39.4 cm³/mol. The number of nitrogens with one attached hydrogen (secondary N) is 2. The maximum absolute atomic E-state index is 10.2. The van der Waals surface area contributed by atoms with Crippen molar-refractivity contribution in [2.45, 2.75) is 13.3 Å². The van der Waals surface area contributed by atoms with E-state index < -0.39 is 0 Å². The van der Waals surface area contributed by atoms with E-state index in [1.54, 1.807) is 6.92 Å². The Bertz CT molecular complexity index is 102. The molecule has 2 N–H and O–H groups in total. The Kier molecular flexibility index (Phi) is 33.2. The zero-order valence-electron chi connectivity index (χ0n) is 6.55. The summed E-state index contributed by atoms with van der Waals surface area (Å²) in [7, 11) is 0. The second kappa shape index (κ2) is 16.3. The van der Waals surface area contributed by atoms with Gasteiger partial charge in [-0.2, -0.15) is 0 Å². The van der Waals surface area contributed by atoms with E-state index in [9.17, 15) is 9.59 Å². The maximum atomic E-state index is 10.2. The molecule has 0 aromatic carbocycles. The first-order valence-corrected chi connectivity index (χ1v) is 2.22. The molecule has 0 saturated heterocycles. The minimum absolute atomic E-state index is 0. The van der Waals surface area contributed by atoms with Crippen molar-refractivity contribution in [3.05, 3.63) is 7.43 Å². The Morgan fingerprint density at radius 1 is 1.55 bits per heavy atom. The van der Waals surface area contributed by atoms with Gasteiger partial charge in [0.05, 0.1) is 0 Å². The Hall–Kier alpha value is -0.411. The summed E-state index contributed by atoms with van der Waals surface area (Å²) >= 11 is 0. The van der Waals surface area contributed by atoms with Crippen molar-refractivity contribution in [3.63, 3.8) is 0 Å². The monoisotopic (exact) mass is 192 g/mol. The van der Waals surface area contributed by atoms with Crippen LogP contribution >= 0.6 is 0 Å². The molecule has 0 atom stereocenters. The average molecular weight is 192 g/mol. The maximum Gasteiger partial charge on any atom is 2.00 e. The van der Waals surface area contributed by atoms with Gasteiger partial charge in [0.1, 0.15) is 0 Å². The quantitative estimate of drug-likeness (QED) is 0.265. The number of hydrazine groups is 1. The summed E-state index contributed by atoms with van der Waals surface area (Å²) in [6.45, 7) is 1.68. The third kappa shape index (κ3) is 17.7. The molecule has 0 aliphatic carbocycles. The molecule has 0 spiro atoms. The molecule has 0 bridgehead atoms. The second-order valence-corrected chi connectivity index (χ2v) is 1.13. The van der Waals surface area contributed by atoms with Crippen LogP contribution in [-0.4, -0.2) is 20.7 Å². The summed E-state index contributed by atoms with van der Waals surface area (Å²) in [5.41, 5.74) is 3.96. The van der Waals surface area contributed by atoms with E-state index in [0.717, 1.165) is 0 Å². The van der Waals surface area contributed by atoms with Crippen LogP contribution in [0.3, 0.4) is 0 Å². The molecule has 0 unspecified atom stereocenters. The third-order valence-corrected chi connectivity index (χ3v) is 0.574. The summed E-state index contributed by atoms with van der Waals surface area (Å²) in [6.07, 6.45) is 1.66. The van der Waals surface area contributed by atoms with Crippen molar-refractivity contribution in [1.82, 2.24) is 10.9 Å². The Morgan fingerprint density at radius 2 is 2.00 bits per heavy atom. The fourth-order valence-electron chi connectivity index (χ4n) is 0.184. The van der Waals surface area contributed by atoms with Gasteiger partial charge in [0.15, 0.2) is 0 Å². The van der Waals surface area contributed by atoms with Crippen molar-refractivity contribution < 1.29 is 28.1 Å². The fraction of sp³-hybridized carbons (Fsp3) is 0.400. The SMILES string of the molecule is CCC(=O)NN[C-]=O.[B].[CH3-].[V+2]. The standard InChI is InChI=1S/C4H7N2O2.CH3.B.V/c1-2-4(8)6-5-3-7;;;/h2H2,1H3,(H,5,7)(H,6,8);1H3;;/q2*-1;;+2. The molecule has 0 aromatic rings. The van der Waals surface area contributed by atoms with Gasteiger partial charge in [0.25, 0.3) is 0 Å². The van der Waals surface area contributed by atoms with Crippen LogP contribution in [0.4, 0.5) is 0 Å². The molecule has 11 heavy (non-hydrogen) atoms. The second-order valence-electron chi connectivity index (χ2n) is 1.13. The minimum atomic E-state index is -0.228. The van der Waals surface area contributed by atoms with Crippen LogP contribution < -0.4 is 10.9 Å². The molecular weight excluding hydrogens is 182 g/mol. The molecule has 4 nitrogen and oxygen atoms in total. The van der Waals surface area contributed by atoms with Gasteiger partial charge in [0.2, 0.25) is 5.91 Å². The van der Waals surface area contributed by atoms with E-state index in [0.29, 0.717) is 6.42 Å². The predicted octanol–water partition coefficient (Wildman–Crippen LogP) is -0.849. The first-order chi connectivity index (χ1) is 3.81. The number of carbonyl (C=O) groups excluding carboxylic acids is 2. The first kappa shape index (κ1) is 22.4. The van der Waals surface area contributed by atoms with Crippen LogP contribution in [0.1, 0.15) is 13.3 Å². The van der Waals surface area contributed by atoms with Gasteiger partial charge in [-0.25, -0.2) is 0 Å². The van der Waals surface area contributed by atoms with Gasteiger partial charge in [-0.15, -0.1) is 6.41 Å². The van der Waals surface area contributed by atoms with E-state index in [-0.39, 0.29) is 40.3 Å². The topological polar surface area (TPSA) is 58.2 Å². The van der Waals surface area contributed by atoms with Crippen LogP contribution in [0.5, 0.6) is 0 Å². The molecule has 0 rings (SSSR count). The van der Waals surface area contributed by atoms with Crippen molar-refractivity contribution in [1.29, 1.82) is 0 Å². The van der Waals surface area contributed by atoms with Gasteiger partial charge < -0.3 is 17.6 Å². The zero-order valence-corrected chi connectivity index (χ0v) is 7.94. The summed E-state index contributed by atoms with van der Waals surface area (Å²) in [6, 6.07) is 0. The van der Waals surface area contributed by atoms with Gasteiger partial charge >= 0.3 is 18.6 Å². The van der Waals surface area contributed by atoms with Gasteiger partial charge in [-0.3, -0.25) is 10.2 Å². The van der Waals surface area contributed by atoms with Crippen LogP contribution in [0.25, 0.3) is 0 Å².